The number of aromatic nitrogens is 4. The molecule has 0 saturated carbocycles. The van der Waals surface area contributed by atoms with Gasteiger partial charge in [-0.25, -0.2) is 14.5 Å². The minimum absolute atomic E-state index is 0.0323. The van der Waals surface area contributed by atoms with Gasteiger partial charge in [-0.05, 0) is 36.8 Å². The van der Waals surface area contributed by atoms with E-state index in [1.54, 1.807) is 55.6 Å². The van der Waals surface area contributed by atoms with Gasteiger partial charge in [-0.2, -0.15) is 0 Å². The molecule has 4 heterocycles. The van der Waals surface area contributed by atoms with Gasteiger partial charge >= 0.3 is 7.82 Å². The van der Waals surface area contributed by atoms with Crippen molar-refractivity contribution in [2.45, 2.75) is 13.7 Å². The number of nitrogens with zero attached hydrogens (tertiary/aromatic N) is 5. The SMILES string of the molecule is C=CC(=O)N(C)c1cncc(-c2cnc3c(c2)c(-c2ccnc(OC)c2)cn3COP(=O)(O)OCC)c1. The van der Waals surface area contributed by atoms with E-state index >= 15 is 0 Å². The predicted molar refractivity (Wildman–Crippen MR) is 139 cm³/mol. The lowest BCUT2D eigenvalue weighted by molar-refractivity contribution is -0.113. The number of ether oxygens (including phenoxy) is 1. The van der Waals surface area contributed by atoms with Crippen LogP contribution in [0.15, 0.2) is 67.9 Å². The molecule has 0 aromatic carbocycles. The Morgan fingerprint density at radius 2 is 1.95 bits per heavy atom. The number of anilines is 1. The van der Waals surface area contributed by atoms with Crippen molar-refractivity contribution >= 4 is 30.5 Å². The molecular weight excluding hydrogens is 497 g/mol. The third-order valence-corrected chi connectivity index (χ3v) is 6.60. The Labute approximate surface area is 213 Å². The molecule has 1 amide bonds. The summed E-state index contributed by atoms with van der Waals surface area (Å²) < 4.78 is 29.0. The van der Waals surface area contributed by atoms with Gasteiger partial charge in [-0.1, -0.05) is 6.58 Å². The maximum Gasteiger partial charge on any atom is 0.473 e. The van der Waals surface area contributed by atoms with Crippen molar-refractivity contribution < 1.29 is 28.0 Å². The average molecular weight is 523 g/mol. The largest absolute Gasteiger partial charge is 0.481 e. The van der Waals surface area contributed by atoms with Crippen molar-refractivity contribution in [2.24, 2.45) is 0 Å². The highest BCUT2D eigenvalue weighted by Gasteiger charge is 2.22. The number of phosphoric ester groups is 1. The summed E-state index contributed by atoms with van der Waals surface area (Å²) in [7, 11) is -1.05. The van der Waals surface area contributed by atoms with E-state index in [1.165, 1.54) is 18.1 Å². The fraction of sp³-hybridized carbons (Fsp3) is 0.200. The second-order valence-electron chi connectivity index (χ2n) is 7.87. The third-order valence-electron chi connectivity index (χ3n) is 5.57. The van der Waals surface area contributed by atoms with Crippen LogP contribution in [0, 0.1) is 0 Å². The predicted octanol–water partition coefficient (Wildman–Crippen LogP) is 4.43. The van der Waals surface area contributed by atoms with E-state index < -0.39 is 7.82 Å². The number of methoxy groups -OCH3 is 1. The van der Waals surface area contributed by atoms with Gasteiger partial charge in [0.1, 0.15) is 12.4 Å². The highest BCUT2D eigenvalue weighted by atomic mass is 31.2. The first kappa shape index (κ1) is 26.2. The molecule has 4 rings (SSSR count). The molecule has 1 unspecified atom stereocenters. The van der Waals surface area contributed by atoms with Crippen molar-refractivity contribution in [3.63, 3.8) is 0 Å². The lowest BCUT2D eigenvalue weighted by atomic mass is 10.0. The second-order valence-corrected chi connectivity index (χ2v) is 9.33. The van der Waals surface area contributed by atoms with Gasteiger partial charge in [0.05, 0.1) is 25.6 Å². The molecule has 0 aliphatic heterocycles. The summed E-state index contributed by atoms with van der Waals surface area (Å²) in [5, 5.41) is 0.750. The van der Waals surface area contributed by atoms with E-state index in [0.717, 1.165) is 27.6 Å². The van der Waals surface area contributed by atoms with E-state index in [9.17, 15) is 14.3 Å². The second kappa shape index (κ2) is 11.0. The van der Waals surface area contributed by atoms with E-state index in [2.05, 4.69) is 21.5 Å². The fourth-order valence-electron chi connectivity index (χ4n) is 3.71. The number of carbonyl (C=O) groups is 1. The molecule has 12 heteroatoms. The monoisotopic (exact) mass is 523 g/mol. The molecule has 1 N–H and O–H groups in total. The maximum absolute atomic E-state index is 12.1. The van der Waals surface area contributed by atoms with Gasteiger partial charge in [0, 0.05) is 60.0 Å². The lowest BCUT2D eigenvalue weighted by Crippen LogP contribution is -2.23. The summed E-state index contributed by atoms with van der Waals surface area (Å²) in [4.78, 5) is 36.4. The van der Waals surface area contributed by atoms with Gasteiger partial charge in [-0.15, -0.1) is 0 Å². The Hall–Kier alpha value is -3.89. The Balaban J connectivity index is 1.81. The van der Waals surface area contributed by atoms with Gasteiger partial charge in [0.15, 0.2) is 0 Å². The molecule has 0 bridgehead atoms. The maximum atomic E-state index is 12.1. The first-order valence-electron chi connectivity index (χ1n) is 11.2. The summed E-state index contributed by atoms with van der Waals surface area (Å²) in [6.45, 7) is 4.90. The molecule has 0 fully saturated rings. The number of hydrogen-bond acceptors (Lipinski definition) is 8. The number of carbonyl (C=O) groups excluding carboxylic acids is 1. The van der Waals surface area contributed by atoms with Crippen molar-refractivity contribution in [1.82, 2.24) is 19.5 Å². The zero-order valence-electron chi connectivity index (χ0n) is 20.6. The van der Waals surface area contributed by atoms with Crippen LogP contribution in [0.3, 0.4) is 0 Å². The normalized spacial score (nSPS) is 12.8. The third kappa shape index (κ3) is 5.76. The van der Waals surface area contributed by atoms with Gasteiger partial charge in [0.25, 0.3) is 0 Å². The summed E-state index contributed by atoms with van der Waals surface area (Å²) in [5.41, 5.74) is 4.20. The number of hydrogen-bond donors (Lipinski definition) is 1. The van der Waals surface area contributed by atoms with Gasteiger partial charge in [0.2, 0.25) is 11.8 Å². The van der Waals surface area contributed by atoms with E-state index in [-0.39, 0.29) is 19.2 Å². The minimum atomic E-state index is -4.22. The average Bonchev–Trinajstić information content (AvgIpc) is 3.29. The number of phosphoric acid groups is 1. The standard InChI is InChI=1S/C25H26N5O6P/c1-5-24(31)29(3)20-9-18(12-26-14-20)19-10-21-22(17-7-8-27-23(11-17)34-4)15-30(25(21)28-13-19)16-36-37(32,33)35-6-2/h5,7-15H,1,6,16H2,2-4H3,(H,32,33). The number of fused-ring (bicyclic) bond motifs is 1. The molecule has 37 heavy (non-hydrogen) atoms. The fourth-order valence-corrected chi connectivity index (χ4v) is 4.39. The van der Waals surface area contributed by atoms with Crippen LogP contribution in [0.25, 0.3) is 33.3 Å². The Kier molecular flexibility index (Phi) is 7.80. The molecule has 0 radical (unpaired) electrons. The van der Waals surface area contributed by atoms with Crippen molar-refractivity contribution in [2.75, 3.05) is 25.7 Å². The van der Waals surface area contributed by atoms with Crippen LogP contribution >= 0.6 is 7.82 Å². The zero-order chi connectivity index (χ0) is 26.6. The van der Waals surface area contributed by atoms with Crippen LogP contribution in [0.2, 0.25) is 0 Å². The molecular formula is C25H26N5O6P. The summed E-state index contributed by atoms with van der Waals surface area (Å²) in [5.74, 6) is 0.175. The number of rotatable bonds is 10. The van der Waals surface area contributed by atoms with Crippen molar-refractivity contribution in [1.29, 1.82) is 0 Å². The summed E-state index contributed by atoms with van der Waals surface area (Å²) in [6.07, 6.45) is 9.56. The lowest BCUT2D eigenvalue weighted by Gasteiger charge is -2.15. The van der Waals surface area contributed by atoms with Crippen LogP contribution < -0.4 is 9.64 Å². The molecule has 11 nitrogen and oxygen atoms in total. The number of amides is 1. The Morgan fingerprint density at radius 1 is 1.16 bits per heavy atom. The Morgan fingerprint density at radius 3 is 2.68 bits per heavy atom. The van der Waals surface area contributed by atoms with Crippen molar-refractivity contribution in [3.05, 3.63) is 67.9 Å². The first-order chi connectivity index (χ1) is 17.8. The first-order valence-corrected chi connectivity index (χ1v) is 12.7. The minimum Gasteiger partial charge on any atom is -0.481 e. The van der Waals surface area contributed by atoms with E-state index in [0.29, 0.717) is 17.2 Å². The topological polar surface area (TPSA) is 129 Å². The van der Waals surface area contributed by atoms with Crippen LogP contribution in [0.1, 0.15) is 6.92 Å². The molecule has 0 saturated heterocycles. The van der Waals surface area contributed by atoms with Gasteiger partial charge in [-0.3, -0.25) is 18.8 Å². The van der Waals surface area contributed by atoms with E-state index in [4.69, 9.17) is 13.8 Å². The molecule has 0 aliphatic rings. The van der Waals surface area contributed by atoms with Crippen molar-refractivity contribution in [3.8, 4) is 28.1 Å². The molecule has 192 valence electrons. The molecule has 1 atom stereocenters. The molecule has 0 aliphatic carbocycles. The number of likely N-dealkylation sites (N-methyl/N-ethyl adjacent to an activating group) is 1. The highest BCUT2D eigenvalue weighted by Crippen LogP contribution is 2.44. The van der Waals surface area contributed by atoms with Crippen LogP contribution in [-0.2, 0) is 25.1 Å². The number of pyridine rings is 3. The Bertz CT molecular complexity index is 1500. The smallest absolute Gasteiger partial charge is 0.473 e. The van der Waals surface area contributed by atoms with E-state index in [1.807, 2.05) is 18.2 Å². The van der Waals surface area contributed by atoms with Gasteiger partial charge < -0.3 is 19.1 Å². The van der Waals surface area contributed by atoms with Crippen LogP contribution in [-0.4, -0.2) is 51.1 Å². The molecule has 4 aromatic rings. The molecule has 0 spiro atoms. The highest BCUT2D eigenvalue weighted by molar-refractivity contribution is 7.47. The quantitative estimate of drug-likeness (QED) is 0.237. The van der Waals surface area contributed by atoms with Crippen LogP contribution in [0.4, 0.5) is 5.69 Å². The van der Waals surface area contributed by atoms with Crippen LogP contribution in [0.5, 0.6) is 5.88 Å². The summed E-state index contributed by atoms with van der Waals surface area (Å²) in [6, 6.07) is 7.36. The zero-order valence-corrected chi connectivity index (χ0v) is 21.5. The molecule has 4 aromatic heterocycles. The summed E-state index contributed by atoms with van der Waals surface area (Å²) >= 11 is 0.